The highest BCUT2D eigenvalue weighted by molar-refractivity contribution is 14.1. The number of halogens is 2. The monoisotopic (exact) mass is 412 g/mol. The van der Waals surface area contributed by atoms with Gasteiger partial charge in [-0.1, -0.05) is 17.7 Å². The zero-order valence-corrected chi connectivity index (χ0v) is 13.9. The largest absolute Gasteiger partial charge is 0.451 e. The van der Waals surface area contributed by atoms with Gasteiger partial charge in [0.15, 0.2) is 3.77 Å². The van der Waals surface area contributed by atoms with Crippen molar-refractivity contribution < 1.29 is 9.21 Å². The lowest BCUT2D eigenvalue weighted by Crippen LogP contribution is -2.14. The molecule has 0 aliphatic rings. The van der Waals surface area contributed by atoms with Gasteiger partial charge in [0.2, 0.25) is 0 Å². The van der Waals surface area contributed by atoms with Crippen LogP contribution in [0.1, 0.15) is 11.3 Å². The highest BCUT2D eigenvalue weighted by Crippen LogP contribution is 2.21. The van der Waals surface area contributed by atoms with E-state index < -0.39 is 5.91 Å². The summed E-state index contributed by atoms with van der Waals surface area (Å²) in [5.74, 6) is -0.0526. The number of nitriles is 1. The first kappa shape index (κ1) is 15.6. The van der Waals surface area contributed by atoms with Crippen molar-refractivity contribution in [3.05, 3.63) is 56.0 Å². The van der Waals surface area contributed by atoms with Gasteiger partial charge >= 0.3 is 0 Å². The third-order valence-corrected chi connectivity index (χ3v) is 3.51. The third-order valence-electron chi connectivity index (χ3n) is 2.69. The molecule has 1 amide bonds. The molecule has 0 unspecified atom stereocenters. The molecule has 0 radical (unpaired) electrons. The minimum absolute atomic E-state index is 0.0416. The number of carbonyl (C=O) groups excluding carboxylic acids is 1. The van der Waals surface area contributed by atoms with Crippen LogP contribution in [0.4, 0.5) is 5.69 Å². The van der Waals surface area contributed by atoms with Gasteiger partial charge in [0.05, 0.1) is 0 Å². The van der Waals surface area contributed by atoms with Gasteiger partial charge in [-0.15, -0.1) is 0 Å². The smallest absolute Gasteiger partial charge is 0.266 e. The number of carbonyl (C=O) groups is 1. The van der Waals surface area contributed by atoms with Crippen molar-refractivity contribution in [2.75, 3.05) is 5.32 Å². The predicted octanol–water partition coefficient (Wildman–Crippen LogP) is 4.39. The summed E-state index contributed by atoms with van der Waals surface area (Å²) in [6, 6.07) is 10.5. The van der Waals surface area contributed by atoms with E-state index in [0.717, 1.165) is 5.56 Å². The molecule has 1 N–H and O–H groups in total. The van der Waals surface area contributed by atoms with Crippen LogP contribution in [-0.4, -0.2) is 5.91 Å². The molecule has 0 saturated heterocycles. The van der Waals surface area contributed by atoms with E-state index in [4.69, 9.17) is 21.3 Å². The molecule has 0 bridgehead atoms. The summed E-state index contributed by atoms with van der Waals surface area (Å²) < 4.78 is 6.00. The van der Waals surface area contributed by atoms with Crippen molar-refractivity contribution in [2.24, 2.45) is 0 Å². The van der Waals surface area contributed by atoms with Gasteiger partial charge < -0.3 is 9.73 Å². The van der Waals surface area contributed by atoms with Gasteiger partial charge in [-0.05, 0) is 59.3 Å². The molecule has 106 valence electrons. The van der Waals surface area contributed by atoms with Crippen LogP contribution >= 0.6 is 34.2 Å². The Labute approximate surface area is 140 Å². The first-order chi connectivity index (χ1) is 9.99. The second-order valence-corrected chi connectivity index (χ2v) is 5.72. The minimum atomic E-state index is -0.505. The van der Waals surface area contributed by atoms with Gasteiger partial charge in [-0.3, -0.25) is 4.79 Å². The first-order valence-electron chi connectivity index (χ1n) is 5.94. The minimum Gasteiger partial charge on any atom is -0.451 e. The number of rotatable bonds is 3. The maximum atomic E-state index is 12.1. The van der Waals surface area contributed by atoms with Crippen molar-refractivity contribution in [3.63, 3.8) is 0 Å². The fourth-order valence-corrected chi connectivity index (χ4v) is 2.22. The Balaban J connectivity index is 2.23. The van der Waals surface area contributed by atoms with Crippen LogP contribution in [0.15, 0.2) is 40.3 Å². The standard InChI is InChI=1S/C15H10ClIN2O2/c1-9-2-3-11(16)7-13(9)19-15(20)10(8-18)6-12-4-5-14(17)21-12/h2-7H,1H3,(H,19,20)/b10-6+. The van der Waals surface area contributed by atoms with Crippen LogP contribution in [-0.2, 0) is 4.79 Å². The highest BCUT2D eigenvalue weighted by atomic mass is 127. The summed E-state index contributed by atoms with van der Waals surface area (Å²) in [7, 11) is 0. The molecule has 1 aromatic heterocycles. The third kappa shape index (κ3) is 4.09. The van der Waals surface area contributed by atoms with E-state index in [2.05, 4.69) is 5.32 Å². The lowest BCUT2D eigenvalue weighted by atomic mass is 10.1. The lowest BCUT2D eigenvalue weighted by molar-refractivity contribution is -0.112. The second kappa shape index (κ2) is 6.78. The number of anilines is 1. The zero-order chi connectivity index (χ0) is 15.4. The fraction of sp³-hybridized carbons (Fsp3) is 0.0667. The molecule has 0 atom stereocenters. The van der Waals surface area contributed by atoms with Crippen LogP contribution in [0.3, 0.4) is 0 Å². The topological polar surface area (TPSA) is 66.0 Å². The maximum absolute atomic E-state index is 12.1. The van der Waals surface area contributed by atoms with Gasteiger partial charge in [0.1, 0.15) is 17.4 Å². The van der Waals surface area contributed by atoms with Crippen LogP contribution < -0.4 is 5.32 Å². The fourth-order valence-electron chi connectivity index (χ4n) is 1.62. The highest BCUT2D eigenvalue weighted by Gasteiger charge is 2.12. The molecule has 0 aliphatic carbocycles. The molecule has 6 heteroatoms. The summed E-state index contributed by atoms with van der Waals surface area (Å²) in [6.45, 7) is 1.84. The van der Waals surface area contributed by atoms with Crippen molar-refractivity contribution in [2.45, 2.75) is 6.92 Å². The van der Waals surface area contributed by atoms with E-state index in [0.29, 0.717) is 20.2 Å². The SMILES string of the molecule is Cc1ccc(Cl)cc1NC(=O)/C(C#N)=C/c1ccc(I)o1. The molecule has 21 heavy (non-hydrogen) atoms. The Kier molecular flexibility index (Phi) is 5.04. The molecule has 4 nitrogen and oxygen atoms in total. The van der Waals surface area contributed by atoms with Gasteiger partial charge in [0.25, 0.3) is 5.91 Å². The molecule has 0 spiro atoms. The number of nitrogens with zero attached hydrogens (tertiary/aromatic N) is 1. The number of aryl methyl sites for hydroxylation is 1. The molecule has 0 aliphatic heterocycles. The number of nitrogens with one attached hydrogen (secondary N) is 1. The first-order valence-corrected chi connectivity index (χ1v) is 7.40. The Hall–Kier alpha value is -1.78. The van der Waals surface area contributed by atoms with Gasteiger partial charge in [-0.25, -0.2) is 0 Å². The average Bonchev–Trinajstić information content (AvgIpc) is 2.85. The van der Waals surface area contributed by atoms with Crippen LogP contribution in [0.5, 0.6) is 0 Å². The molecular weight excluding hydrogens is 403 g/mol. The lowest BCUT2D eigenvalue weighted by Gasteiger charge is -2.07. The molecule has 1 heterocycles. The van der Waals surface area contributed by atoms with Crippen LogP contribution in [0.25, 0.3) is 6.08 Å². The number of hydrogen-bond acceptors (Lipinski definition) is 3. The van der Waals surface area contributed by atoms with Gasteiger partial charge in [0, 0.05) is 16.8 Å². The van der Waals surface area contributed by atoms with Crippen molar-refractivity contribution in [1.29, 1.82) is 5.26 Å². The summed E-state index contributed by atoms with van der Waals surface area (Å²) in [6.07, 6.45) is 1.40. The van der Waals surface area contributed by atoms with Gasteiger partial charge in [-0.2, -0.15) is 5.26 Å². The molecular formula is C15H10ClIN2O2. The second-order valence-electron chi connectivity index (χ2n) is 4.23. The Bertz CT molecular complexity index is 759. The maximum Gasteiger partial charge on any atom is 0.266 e. The molecule has 0 saturated carbocycles. The number of benzene rings is 1. The molecule has 2 aromatic rings. The summed E-state index contributed by atoms with van der Waals surface area (Å²) in [4.78, 5) is 12.1. The summed E-state index contributed by atoms with van der Waals surface area (Å²) in [5.41, 5.74) is 1.39. The summed E-state index contributed by atoms with van der Waals surface area (Å²) in [5, 5.41) is 12.3. The predicted molar refractivity (Wildman–Crippen MR) is 89.8 cm³/mol. The number of amides is 1. The molecule has 2 rings (SSSR count). The Morgan fingerprint density at radius 3 is 2.81 bits per heavy atom. The van der Waals surface area contributed by atoms with Crippen LogP contribution in [0, 0.1) is 22.0 Å². The zero-order valence-electron chi connectivity index (χ0n) is 11.0. The van der Waals surface area contributed by atoms with Crippen LogP contribution in [0.2, 0.25) is 5.02 Å². The quantitative estimate of drug-likeness (QED) is 0.462. The van der Waals surface area contributed by atoms with E-state index in [9.17, 15) is 4.79 Å². The average molecular weight is 413 g/mol. The van der Waals surface area contributed by atoms with E-state index in [1.165, 1.54) is 6.08 Å². The van der Waals surface area contributed by atoms with Crippen molar-refractivity contribution in [3.8, 4) is 6.07 Å². The number of hydrogen-bond donors (Lipinski definition) is 1. The van der Waals surface area contributed by atoms with Crippen molar-refractivity contribution in [1.82, 2.24) is 0 Å². The van der Waals surface area contributed by atoms with E-state index >= 15 is 0 Å². The van der Waals surface area contributed by atoms with Crippen molar-refractivity contribution >= 4 is 51.9 Å². The van der Waals surface area contributed by atoms with E-state index in [1.807, 2.05) is 35.6 Å². The normalized spacial score (nSPS) is 11.0. The van der Waals surface area contributed by atoms with E-state index in [-0.39, 0.29) is 5.57 Å². The molecule has 0 fully saturated rings. The molecule has 1 aromatic carbocycles. The Morgan fingerprint density at radius 1 is 1.43 bits per heavy atom. The summed E-state index contributed by atoms with van der Waals surface area (Å²) >= 11 is 7.91. The van der Waals surface area contributed by atoms with E-state index in [1.54, 1.807) is 30.3 Å². The number of furan rings is 1. The Morgan fingerprint density at radius 2 is 2.19 bits per heavy atom.